The van der Waals surface area contributed by atoms with E-state index in [0.717, 1.165) is 12.2 Å². The van der Waals surface area contributed by atoms with Gasteiger partial charge >= 0.3 is 0 Å². The second-order valence-electron chi connectivity index (χ2n) is 2.62. The summed E-state index contributed by atoms with van der Waals surface area (Å²) in [6, 6.07) is 3.19. The molecule has 0 fully saturated rings. The van der Waals surface area contributed by atoms with Gasteiger partial charge in [-0.3, -0.25) is 0 Å². The lowest BCUT2D eigenvalue weighted by atomic mass is 10.3. The third kappa shape index (κ3) is 3.43. The van der Waals surface area contributed by atoms with Crippen molar-refractivity contribution in [3.8, 4) is 5.75 Å². The molecule has 0 saturated carbocycles. The molecule has 0 saturated heterocycles. The smallest absolute Gasteiger partial charge is 0.139 e. The van der Waals surface area contributed by atoms with E-state index in [0.29, 0.717) is 27.4 Å². The molecule has 0 aliphatic heterocycles. The van der Waals surface area contributed by atoms with Gasteiger partial charge in [0.1, 0.15) is 5.75 Å². The lowest BCUT2D eigenvalue weighted by Gasteiger charge is -2.08. The molecule has 0 atom stereocenters. The van der Waals surface area contributed by atoms with Crippen molar-refractivity contribution in [3.05, 3.63) is 27.2 Å². The van der Waals surface area contributed by atoms with Crippen molar-refractivity contribution in [1.29, 1.82) is 0 Å². The maximum absolute atomic E-state index is 5.89. The van der Waals surface area contributed by atoms with Crippen LogP contribution in [0.1, 0.15) is 6.42 Å². The van der Waals surface area contributed by atoms with Gasteiger partial charge in [-0.2, -0.15) is 12.6 Å². The van der Waals surface area contributed by atoms with Crippen LogP contribution in [0.15, 0.2) is 12.1 Å². The van der Waals surface area contributed by atoms with Crippen LogP contribution >= 0.6 is 47.4 Å². The summed E-state index contributed by atoms with van der Waals surface area (Å²) in [5, 5.41) is 1.34. The minimum absolute atomic E-state index is 0.429. The van der Waals surface area contributed by atoms with E-state index in [9.17, 15) is 0 Å². The van der Waals surface area contributed by atoms with Crippen LogP contribution < -0.4 is 4.74 Å². The highest BCUT2D eigenvalue weighted by molar-refractivity contribution is 7.80. The van der Waals surface area contributed by atoms with Crippen LogP contribution in [0.25, 0.3) is 0 Å². The second kappa shape index (κ2) is 5.96. The molecular formula is C9H9Cl3OS. The largest absolute Gasteiger partial charge is 0.492 e. The van der Waals surface area contributed by atoms with Crippen LogP contribution in [0.2, 0.25) is 15.1 Å². The van der Waals surface area contributed by atoms with Gasteiger partial charge < -0.3 is 4.74 Å². The summed E-state index contributed by atoms with van der Waals surface area (Å²) < 4.78 is 5.39. The van der Waals surface area contributed by atoms with Gasteiger partial charge in [-0.25, -0.2) is 0 Å². The van der Waals surface area contributed by atoms with E-state index in [2.05, 4.69) is 12.6 Å². The van der Waals surface area contributed by atoms with Crippen molar-refractivity contribution in [1.82, 2.24) is 0 Å². The molecule has 0 N–H and O–H groups in total. The van der Waals surface area contributed by atoms with E-state index in [1.807, 2.05) is 0 Å². The summed E-state index contributed by atoms with van der Waals surface area (Å²) in [6.07, 6.45) is 0.861. The Kier molecular flexibility index (Phi) is 5.24. The number of hydrogen-bond acceptors (Lipinski definition) is 2. The van der Waals surface area contributed by atoms with Crippen molar-refractivity contribution in [2.45, 2.75) is 6.42 Å². The van der Waals surface area contributed by atoms with Gasteiger partial charge in [-0.1, -0.05) is 34.8 Å². The van der Waals surface area contributed by atoms with Crippen molar-refractivity contribution in [3.63, 3.8) is 0 Å². The third-order valence-electron chi connectivity index (χ3n) is 1.53. The predicted octanol–water partition coefficient (Wildman–Crippen LogP) is 4.35. The maximum atomic E-state index is 5.89. The maximum Gasteiger partial charge on any atom is 0.139 e. The first-order valence-electron chi connectivity index (χ1n) is 4.03. The van der Waals surface area contributed by atoms with E-state index in [-0.39, 0.29) is 0 Å². The Bertz CT molecular complexity index is 317. The van der Waals surface area contributed by atoms with Crippen molar-refractivity contribution in [2.24, 2.45) is 0 Å². The number of thiol groups is 1. The molecule has 78 valence electrons. The minimum Gasteiger partial charge on any atom is -0.492 e. The zero-order valence-corrected chi connectivity index (χ0v) is 10.4. The standard InChI is InChI=1S/C9H9Cl3OS/c10-6-4-8(12)9(5-7(6)11)13-2-1-3-14/h4-5,14H,1-3H2. The molecule has 0 heterocycles. The predicted molar refractivity (Wildman–Crippen MR) is 65.4 cm³/mol. The highest BCUT2D eigenvalue weighted by Gasteiger charge is 2.06. The molecule has 0 unspecified atom stereocenters. The van der Waals surface area contributed by atoms with Crippen molar-refractivity contribution in [2.75, 3.05) is 12.4 Å². The van der Waals surface area contributed by atoms with Gasteiger partial charge in [0, 0.05) is 6.07 Å². The number of benzene rings is 1. The summed E-state index contributed by atoms with van der Waals surface area (Å²) in [6.45, 7) is 0.571. The van der Waals surface area contributed by atoms with Gasteiger partial charge in [-0.05, 0) is 18.2 Å². The third-order valence-corrected chi connectivity index (χ3v) is 2.87. The summed E-state index contributed by atoms with van der Waals surface area (Å²) in [7, 11) is 0. The average Bonchev–Trinajstić information content (AvgIpc) is 2.14. The first-order valence-corrected chi connectivity index (χ1v) is 5.80. The fraction of sp³-hybridized carbons (Fsp3) is 0.333. The van der Waals surface area contributed by atoms with Crippen LogP contribution in [0, 0.1) is 0 Å². The zero-order chi connectivity index (χ0) is 10.6. The van der Waals surface area contributed by atoms with Gasteiger partial charge in [-0.15, -0.1) is 0 Å². The van der Waals surface area contributed by atoms with Gasteiger partial charge in [0.2, 0.25) is 0 Å². The Morgan fingerprint density at radius 2 is 1.71 bits per heavy atom. The van der Waals surface area contributed by atoms with Crippen LogP contribution in [0.5, 0.6) is 5.75 Å². The number of ether oxygens (including phenoxy) is 1. The van der Waals surface area contributed by atoms with Crippen molar-refractivity contribution < 1.29 is 4.74 Å². The molecule has 1 aromatic rings. The quantitative estimate of drug-likeness (QED) is 0.487. The molecule has 1 aromatic carbocycles. The zero-order valence-electron chi connectivity index (χ0n) is 7.27. The molecular weight excluding hydrogens is 263 g/mol. The van der Waals surface area contributed by atoms with Crippen LogP contribution in [0.3, 0.4) is 0 Å². The summed E-state index contributed by atoms with van der Waals surface area (Å²) >= 11 is 21.5. The van der Waals surface area contributed by atoms with Crippen molar-refractivity contribution >= 4 is 47.4 Å². The van der Waals surface area contributed by atoms with Gasteiger partial charge in [0.25, 0.3) is 0 Å². The monoisotopic (exact) mass is 270 g/mol. The Hall–Kier alpha value is 0.240. The Balaban J connectivity index is 2.72. The van der Waals surface area contributed by atoms with Crippen LogP contribution in [0.4, 0.5) is 0 Å². The SMILES string of the molecule is SCCCOc1cc(Cl)c(Cl)cc1Cl. The van der Waals surface area contributed by atoms with E-state index < -0.39 is 0 Å². The second-order valence-corrected chi connectivity index (χ2v) is 4.29. The molecule has 0 aromatic heterocycles. The number of halogens is 3. The van der Waals surface area contributed by atoms with E-state index in [1.165, 1.54) is 0 Å². The highest BCUT2D eigenvalue weighted by Crippen LogP contribution is 2.33. The minimum atomic E-state index is 0.429. The molecule has 0 bridgehead atoms. The molecule has 1 nitrogen and oxygen atoms in total. The molecule has 0 aliphatic rings. The molecule has 5 heteroatoms. The van der Waals surface area contributed by atoms with E-state index >= 15 is 0 Å². The lowest BCUT2D eigenvalue weighted by molar-refractivity contribution is 0.319. The highest BCUT2D eigenvalue weighted by atomic mass is 35.5. The summed E-state index contributed by atoms with van der Waals surface area (Å²) in [5.41, 5.74) is 0. The number of hydrogen-bond donors (Lipinski definition) is 1. The van der Waals surface area contributed by atoms with Crippen LogP contribution in [-0.2, 0) is 0 Å². The topological polar surface area (TPSA) is 9.23 Å². The lowest BCUT2D eigenvalue weighted by Crippen LogP contribution is -1.98. The first kappa shape index (κ1) is 12.3. The molecule has 0 spiro atoms. The number of rotatable bonds is 4. The summed E-state index contributed by atoms with van der Waals surface area (Å²) in [4.78, 5) is 0. The Morgan fingerprint density at radius 1 is 1.07 bits per heavy atom. The molecule has 0 amide bonds. The Labute approximate surface area is 104 Å². The molecule has 0 aliphatic carbocycles. The molecule has 14 heavy (non-hydrogen) atoms. The van der Waals surface area contributed by atoms with Crippen LogP contribution in [-0.4, -0.2) is 12.4 Å². The van der Waals surface area contributed by atoms with E-state index in [1.54, 1.807) is 12.1 Å². The average molecular weight is 272 g/mol. The Morgan fingerprint density at radius 3 is 2.36 bits per heavy atom. The molecule has 0 radical (unpaired) electrons. The fourth-order valence-electron chi connectivity index (χ4n) is 0.862. The van der Waals surface area contributed by atoms with Gasteiger partial charge in [0.05, 0.1) is 21.7 Å². The fourth-order valence-corrected chi connectivity index (χ4v) is 1.58. The molecule has 1 rings (SSSR count). The van der Waals surface area contributed by atoms with Gasteiger partial charge in [0.15, 0.2) is 0 Å². The normalized spacial score (nSPS) is 10.3. The first-order chi connectivity index (χ1) is 6.65. The van der Waals surface area contributed by atoms with E-state index in [4.69, 9.17) is 39.5 Å². The summed E-state index contributed by atoms with van der Waals surface area (Å²) in [5.74, 6) is 1.33.